The predicted molar refractivity (Wildman–Crippen MR) is 127 cm³/mol. The third-order valence-corrected chi connectivity index (χ3v) is 7.58. The van der Waals surface area contributed by atoms with E-state index in [1.54, 1.807) is 50.1 Å². The van der Waals surface area contributed by atoms with Crippen LogP contribution in [0.25, 0.3) is 0 Å². The summed E-state index contributed by atoms with van der Waals surface area (Å²) < 4.78 is 16.8. The van der Waals surface area contributed by atoms with Crippen molar-refractivity contribution < 1.29 is 28.6 Å². The average Bonchev–Trinajstić information content (AvgIpc) is 3.13. The molecule has 0 aliphatic carbocycles. The van der Waals surface area contributed by atoms with Crippen molar-refractivity contribution in [3.05, 3.63) is 58.6 Å². The third kappa shape index (κ3) is 3.62. The van der Waals surface area contributed by atoms with Gasteiger partial charge in [0, 0.05) is 29.1 Å². The van der Waals surface area contributed by atoms with Gasteiger partial charge in [0.05, 0.1) is 32.3 Å². The van der Waals surface area contributed by atoms with Crippen LogP contribution in [0.4, 0.5) is 0 Å². The molecule has 4 atom stereocenters. The molecule has 2 amide bonds. The Morgan fingerprint density at radius 1 is 1.20 bits per heavy atom. The number of rotatable bonds is 5. The van der Waals surface area contributed by atoms with Gasteiger partial charge in [-0.05, 0) is 43.7 Å². The van der Waals surface area contributed by atoms with Crippen molar-refractivity contribution in [1.82, 2.24) is 9.80 Å². The number of carbonyl (C=O) groups is 3. The maximum Gasteiger partial charge on any atom is 0.312 e. The molecule has 0 radical (unpaired) electrons. The van der Waals surface area contributed by atoms with Gasteiger partial charge in [-0.2, -0.15) is 0 Å². The Morgan fingerprint density at radius 2 is 1.94 bits per heavy atom. The summed E-state index contributed by atoms with van der Waals surface area (Å²) in [4.78, 5) is 44.2. The lowest BCUT2D eigenvalue weighted by atomic mass is 9.77. The van der Waals surface area contributed by atoms with Gasteiger partial charge in [-0.1, -0.05) is 23.7 Å². The Balaban J connectivity index is 1.58. The zero-order valence-corrected chi connectivity index (χ0v) is 20.6. The standard InChI is InChI=1S/C26H27ClN2O6/c1-4-34-24(31)22-19-14-35-20-11-17(33-3)9-10-18(20)23(19)29-21(30)13-28(25(32)26(22,29)2)12-15-5-7-16(27)8-6-15/h5-11,19,22-23H,4,12-14H2,1-3H3/t19?,22?,23?,26-/m1/s1. The average molecular weight is 499 g/mol. The van der Waals surface area contributed by atoms with Crippen molar-refractivity contribution in [3.8, 4) is 11.5 Å². The van der Waals surface area contributed by atoms with E-state index in [-0.39, 0.29) is 38.1 Å². The lowest BCUT2D eigenvalue weighted by molar-refractivity contribution is -0.170. The van der Waals surface area contributed by atoms with E-state index in [9.17, 15) is 14.4 Å². The first-order valence-corrected chi connectivity index (χ1v) is 12.0. The number of benzene rings is 2. The second-order valence-electron chi connectivity index (χ2n) is 9.25. The highest BCUT2D eigenvalue weighted by Gasteiger charge is 2.69. The van der Waals surface area contributed by atoms with Crippen molar-refractivity contribution in [1.29, 1.82) is 0 Å². The van der Waals surface area contributed by atoms with E-state index in [1.807, 2.05) is 18.2 Å². The molecule has 2 aromatic carbocycles. The first-order valence-electron chi connectivity index (χ1n) is 11.6. The van der Waals surface area contributed by atoms with Crippen LogP contribution >= 0.6 is 11.6 Å². The largest absolute Gasteiger partial charge is 0.497 e. The van der Waals surface area contributed by atoms with Crippen molar-refractivity contribution in [2.45, 2.75) is 32.0 Å². The smallest absolute Gasteiger partial charge is 0.312 e. The normalized spacial score (nSPS) is 27.0. The van der Waals surface area contributed by atoms with Crippen LogP contribution in [-0.4, -0.2) is 60.0 Å². The van der Waals surface area contributed by atoms with Crippen molar-refractivity contribution >= 4 is 29.4 Å². The Morgan fingerprint density at radius 3 is 2.63 bits per heavy atom. The Hall–Kier alpha value is -3.26. The number of ether oxygens (including phenoxy) is 3. The Kier molecular flexibility index (Phi) is 5.87. The number of piperazine rings is 1. The highest BCUT2D eigenvalue weighted by Crippen LogP contribution is 2.57. The molecule has 0 saturated carbocycles. The molecule has 0 N–H and O–H groups in total. The van der Waals surface area contributed by atoms with Crippen LogP contribution in [0.15, 0.2) is 42.5 Å². The molecule has 3 aliphatic rings. The molecule has 35 heavy (non-hydrogen) atoms. The van der Waals surface area contributed by atoms with Gasteiger partial charge in [-0.3, -0.25) is 14.4 Å². The lowest BCUT2D eigenvalue weighted by Crippen LogP contribution is -2.67. The molecule has 9 heteroatoms. The quantitative estimate of drug-likeness (QED) is 0.588. The number of fused-ring (bicyclic) bond motifs is 5. The van der Waals surface area contributed by atoms with E-state index in [0.29, 0.717) is 16.5 Å². The fraction of sp³-hybridized carbons (Fsp3) is 0.423. The summed E-state index contributed by atoms with van der Waals surface area (Å²) in [5, 5.41) is 0.588. The van der Waals surface area contributed by atoms with Gasteiger partial charge in [0.1, 0.15) is 23.6 Å². The summed E-state index contributed by atoms with van der Waals surface area (Å²) in [6.45, 7) is 3.92. The molecular weight excluding hydrogens is 472 g/mol. The fourth-order valence-corrected chi connectivity index (χ4v) is 5.97. The maximum absolute atomic E-state index is 14.1. The van der Waals surface area contributed by atoms with E-state index in [0.717, 1.165) is 11.1 Å². The van der Waals surface area contributed by atoms with Gasteiger partial charge < -0.3 is 24.0 Å². The van der Waals surface area contributed by atoms with Gasteiger partial charge in [-0.15, -0.1) is 0 Å². The third-order valence-electron chi connectivity index (χ3n) is 7.33. The summed E-state index contributed by atoms with van der Waals surface area (Å²) in [5.41, 5.74) is 0.192. The molecule has 2 saturated heterocycles. The van der Waals surface area contributed by atoms with Gasteiger partial charge >= 0.3 is 5.97 Å². The number of nitrogens with zero attached hydrogens (tertiary/aromatic N) is 2. The molecule has 3 aliphatic heterocycles. The van der Waals surface area contributed by atoms with Crippen molar-refractivity contribution in [3.63, 3.8) is 0 Å². The summed E-state index contributed by atoms with van der Waals surface area (Å²) in [5.74, 6) is -1.08. The summed E-state index contributed by atoms with van der Waals surface area (Å²) in [6, 6.07) is 12.1. The summed E-state index contributed by atoms with van der Waals surface area (Å²) >= 11 is 6.00. The molecule has 0 spiro atoms. The number of carbonyl (C=O) groups excluding carboxylic acids is 3. The number of hydrogen-bond donors (Lipinski definition) is 0. The van der Waals surface area contributed by atoms with E-state index in [1.165, 1.54) is 4.90 Å². The molecular formula is C26H27ClN2O6. The molecule has 8 nitrogen and oxygen atoms in total. The Labute approximate surface area is 208 Å². The van der Waals surface area contributed by atoms with Gasteiger partial charge in [0.25, 0.3) is 0 Å². The minimum Gasteiger partial charge on any atom is -0.497 e. The number of halogens is 1. The van der Waals surface area contributed by atoms with Crippen molar-refractivity contribution in [2.24, 2.45) is 11.8 Å². The van der Waals surface area contributed by atoms with Crippen LogP contribution in [0.2, 0.25) is 5.02 Å². The van der Waals surface area contributed by atoms with E-state index in [4.69, 9.17) is 25.8 Å². The minimum absolute atomic E-state index is 0.0812. The predicted octanol–water partition coefficient (Wildman–Crippen LogP) is 3.22. The molecule has 0 aromatic heterocycles. The SMILES string of the molecule is CCOC(=O)C1C2COc3cc(OC)ccc3C2N2C(=O)CN(Cc3ccc(Cl)cc3)C(=O)[C@@]12C. The number of amides is 2. The fourth-order valence-electron chi connectivity index (χ4n) is 5.84. The van der Waals surface area contributed by atoms with Crippen LogP contribution in [0.1, 0.15) is 31.0 Å². The maximum atomic E-state index is 14.1. The van der Waals surface area contributed by atoms with Crippen LogP contribution < -0.4 is 9.47 Å². The van der Waals surface area contributed by atoms with Crippen LogP contribution in [0, 0.1) is 11.8 Å². The minimum atomic E-state index is -1.41. The molecule has 3 heterocycles. The second-order valence-corrected chi connectivity index (χ2v) is 9.69. The number of methoxy groups -OCH3 is 1. The first-order chi connectivity index (χ1) is 16.8. The lowest BCUT2D eigenvalue weighted by Gasteiger charge is -2.47. The first kappa shape index (κ1) is 23.5. The molecule has 184 valence electrons. The number of hydrogen-bond acceptors (Lipinski definition) is 6. The summed E-state index contributed by atoms with van der Waals surface area (Å²) in [6.07, 6.45) is 0. The summed E-state index contributed by atoms with van der Waals surface area (Å²) in [7, 11) is 1.57. The van der Waals surface area contributed by atoms with Crippen LogP contribution in [0.3, 0.4) is 0 Å². The van der Waals surface area contributed by atoms with Gasteiger partial charge in [0.15, 0.2) is 0 Å². The molecule has 3 unspecified atom stereocenters. The Bertz CT molecular complexity index is 1180. The zero-order chi connectivity index (χ0) is 24.9. The highest BCUT2D eigenvalue weighted by molar-refractivity contribution is 6.30. The number of esters is 1. The molecule has 2 fully saturated rings. The topological polar surface area (TPSA) is 85.4 Å². The van der Waals surface area contributed by atoms with Gasteiger partial charge in [-0.25, -0.2) is 0 Å². The monoisotopic (exact) mass is 498 g/mol. The van der Waals surface area contributed by atoms with E-state index < -0.39 is 29.4 Å². The van der Waals surface area contributed by atoms with Gasteiger partial charge in [0.2, 0.25) is 11.8 Å². The molecule has 0 bridgehead atoms. The zero-order valence-electron chi connectivity index (χ0n) is 19.8. The highest BCUT2D eigenvalue weighted by atomic mass is 35.5. The second kappa shape index (κ2) is 8.75. The molecule has 2 aromatic rings. The van der Waals surface area contributed by atoms with E-state index in [2.05, 4.69) is 0 Å². The van der Waals surface area contributed by atoms with E-state index >= 15 is 0 Å². The van der Waals surface area contributed by atoms with Crippen molar-refractivity contribution in [2.75, 3.05) is 26.9 Å². The van der Waals surface area contributed by atoms with Crippen LogP contribution in [0.5, 0.6) is 11.5 Å². The van der Waals surface area contributed by atoms with Crippen LogP contribution in [-0.2, 0) is 25.7 Å². The molecule has 5 rings (SSSR count).